The molecule has 0 N–H and O–H groups in total. The van der Waals surface area contributed by atoms with Gasteiger partial charge < -0.3 is 4.90 Å². The van der Waals surface area contributed by atoms with E-state index in [1.165, 1.54) is 0 Å². The second-order valence-corrected chi connectivity index (χ2v) is 4.02. The molecular formula is C8H17NS. The number of rotatable bonds is 2. The normalized spacial score (nSPS) is 14.5. The van der Waals surface area contributed by atoms with Gasteiger partial charge in [-0.3, -0.25) is 0 Å². The highest BCUT2D eigenvalue weighted by Crippen LogP contribution is 2.21. The van der Waals surface area contributed by atoms with E-state index in [0.717, 1.165) is 0 Å². The molecule has 0 spiro atoms. The summed E-state index contributed by atoms with van der Waals surface area (Å²) in [6, 6.07) is 0.505. The van der Waals surface area contributed by atoms with E-state index in [1.807, 2.05) is 7.05 Å². The fraction of sp³-hybridized carbons (Fsp3) is 0.875. The molecule has 0 aromatic rings. The standard InChI is InChI=1S/C8H17NS/c1-7(8(2,3)4)9(5)6-10/h6-7H,1-5H3. The van der Waals surface area contributed by atoms with Crippen molar-refractivity contribution in [3.63, 3.8) is 0 Å². The third-order valence-electron chi connectivity index (χ3n) is 2.03. The maximum absolute atomic E-state index is 4.82. The van der Waals surface area contributed by atoms with Gasteiger partial charge in [-0.15, -0.1) is 0 Å². The third kappa shape index (κ3) is 2.65. The minimum Gasteiger partial charge on any atom is -0.369 e. The number of thiocarbonyl (C=S) groups is 1. The van der Waals surface area contributed by atoms with E-state index >= 15 is 0 Å². The average Bonchev–Trinajstić information content (AvgIpc) is 1.83. The topological polar surface area (TPSA) is 3.24 Å². The van der Waals surface area contributed by atoms with Crippen LogP contribution in [-0.4, -0.2) is 23.5 Å². The molecule has 1 nitrogen and oxygen atoms in total. The summed E-state index contributed by atoms with van der Waals surface area (Å²) < 4.78 is 0. The first-order valence-corrected chi connectivity index (χ1v) is 4.04. The molecule has 0 saturated heterocycles. The molecule has 0 aromatic heterocycles. The highest BCUT2D eigenvalue weighted by atomic mass is 32.1. The Morgan fingerprint density at radius 1 is 1.40 bits per heavy atom. The van der Waals surface area contributed by atoms with Crippen molar-refractivity contribution in [2.24, 2.45) is 5.41 Å². The zero-order valence-corrected chi connectivity index (χ0v) is 8.33. The molecule has 0 aliphatic heterocycles. The monoisotopic (exact) mass is 159 g/mol. The van der Waals surface area contributed by atoms with Crippen LogP contribution in [0.1, 0.15) is 27.7 Å². The van der Waals surface area contributed by atoms with Crippen LogP contribution in [0.3, 0.4) is 0 Å². The summed E-state index contributed by atoms with van der Waals surface area (Å²) in [6.07, 6.45) is 0. The highest BCUT2D eigenvalue weighted by molar-refractivity contribution is 7.78. The number of nitrogens with zero attached hydrogens (tertiary/aromatic N) is 1. The van der Waals surface area contributed by atoms with E-state index in [0.29, 0.717) is 11.5 Å². The number of hydrogen-bond donors (Lipinski definition) is 0. The lowest BCUT2D eigenvalue weighted by Crippen LogP contribution is -2.37. The molecule has 1 unspecified atom stereocenters. The van der Waals surface area contributed by atoms with Crippen molar-refractivity contribution in [1.29, 1.82) is 0 Å². The van der Waals surface area contributed by atoms with Gasteiger partial charge >= 0.3 is 0 Å². The summed E-state index contributed by atoms with van der Waals surface area (Å²) in [5.74, 6) is 0. The van der Waals surface area contributed by atoms with Crippen LogP contribution < -0.4 is 0 Å². The second kappa shape index (κ2) is 3.33. The summed E-state index contributed by atoms with van der Waals surface area (Å²) in [6.45, 7) is 8.83. The second-order valence-electron chi connectivity index (χ2n) is 3.81. The van der Waals surface area contributed by atoms with Crippen LogP contribution >= 0.6 is 12.2 Å². The molecule has 0 radical (unpaired) electrons. The van der Waals surface area contributed by atoms with E-state index < -0.39 is 0 Å². The Bertz CT molecular complexity index is 115. The third-order valence-corrected chi connectivity index (χ3v) is 2.36. The van der Waals surface area contributed by atoms with Gasteiger partial charge in [-0.1, -0.05) is 33.0 Å². The summed E-state index contributed by atoms with van der Waals surface area (Å²) in [5.41, 5.74) is 2.01. The van der Waals surface area contributed by atoms with Gasteiger partial charge in [-0.2, -0.15) is 0 Å². The maximum Gasteiger partial charge on any atom is 0.0640 e. The van der Waals surface area contributed by atoms with E-state index in [-0.39, 0.29) is 0 Å². The van der Waals surface area contributed by atoms with Gasteiger partial charge in [-0.05, 0) is 12.3 Å². The van der Waals surface area contributed by atoms with E-state index in [4.69, 9.17) is 12.2 Å². The SMILES string of the molecule is CC(N(C)C=S)C(C)(C)C. The maximum atomic E-state index is 4.82. The van der Waals surface area contributed by atoms with E-state index in [1.54, 1.807) is 5.49 Å². The largest absolute Gasteiger partial charge is 0.369 e. The average molecular weight is 159 g/mol. The molecule has 0 bridgehead atoms. The molecule has 0 aliphatic rings. The molecule has 10 heavy (non-hydrogen) atoms. The van der Waals surface area contributed by atoms with Crippen LogP contribution in [-0.2, 0) is 0 Å². The Balaban J connectivity index is 4.07. The minimum absolute atomic E-state index is 0.310. The number of hydrogen-bond acceptors (Lipinski definition) is 1. The molecule has 0 heterocycles. The molecule has 0 rings (SSSR count). The molecule has 0 aliphatic carbocycles. The smallest absolute Gasteiger partial charge is 0.0640 e. The molecule has 1 atom stereocenters. The van der Waals surface area contributed by atoms with E-state index in [2.05, 4.69) is 32.6 Å². The molecule has 60 valence electrons. The molecule has 0 amide bonds. The van der Waals surface area contributed by atoms with Crippen LogP contribution in [0.4, 0.5) is 0 Å². The first-order valence-electron chi connectivity index (χ1n) is 3.57. The van der Waals surface area contributed by atoms with Crippen LogP contribution in [0, 0.1) is 5.41 Å². The van der Waals surface area contributed by atoms with E-state index in [9.17, 15) is 0 Å². The quantitative estimate of drug-likeness (QED) is 0.569. The molecule has 0 saturated carbocycles. The van der Waals surface area contributed by atoms with Crippen molar-refractivity contribution in [2.45, 2.75) is 33.7 Å². The Kier molecular flexibility index (Phi) is 3.29. The van der Waals surface area contributed by atoms with Crippen LogP contribution in [0.25, 0.3) is 0 Å². The van der Waals surface area contributed by atoms with Crippen molar-refractivity contribution < 1.29 is 0 Å². The van der Waals surface area contributed by atoms with Gasteiger partial charge in [0.25, 0.3) is 0 Å². The van der Waals surface area contributed by atoms with Crippen molar-refractivity contribution in [1.82, 2.24) is 4.90 Å². The van der Waals surface area contributed by atoms with Crippen LogP contribution in [0.2, 0.25) is 0 Å². The lowest BCUT2D eigenvalue weighted by Gasteiger charge is -2.33. The summed E-state index contributed by atoms with van der Waals surface area (Å²) in [4.78, 5) is 2.06. The van der Waals surface area contributed by atoms with Crippen molar-refractivity contribution in [3.8, 4) is 0 Å². The Morgan fingerprint density at radius 3 is 1.90 bits per heavy atom. The molecule has 0 fully saturated rings. The zero-order chi connectivity index (χ0) is 8.36. The predicted molar refractivity (Wildman–Crippen MR) is 50.3 cm³/mol. The van der Waals surface area contributed by atoms with Gasteiger partial charge in [0, 0.05) is 13.1 Å². The van der Waals surface area contributed by atoms with Gasteiger partial charge in [-0.25, -0.2) is 0 Å². The van der Waals surface area contributed by atoms with Gasteiger partial charge in [0.1, 0.15) is 0 Å². The lowest BCUT2D eigenvalue weighted by atomic mass is 9.87. The fourth-order valence-electron chi connectivity index (χ4n) is 0.702. The first-order chi connectivity index (χ1) is 4.39. The molecular weight excluding hydrogens is 142 g/mol. The fourth-order valence-corrected chi connectivity index (χ4v) is 0.885. The van der Waals surface area contributed by atoms with Crippen molar-refractivity contribution in [3.05, 3.63) is 0 Å². The highest BCUT2D eigenvalue weighted by Gasteiger charge is 2.21. The molecule has 0 aromatic carbocycles. The lowest BCUT2D eigenvalue weighted by molar-refractivity contribution is 0.215. The summed E-state index contributed by atoms with van der Waals surface area (Å²) >= 11 is 4.82. The van der Waals surface area contributed by atoms with Gasteiger partial charge in [0.05, 0.1) is 5.49 Å². The van der Waals surface area contributed by atoms with Crippen molar-refractivity contribution >= 4 is 17.7 Å². The Hall–Kier alpha value is -0.110. The minimum atomic E-state index is 0.310. The first kappa shape index (κ1) is 9.89. The van der Waals surface area contributed by atoms with Crippen LogP contribution in [0.15, 0.2) is 0 Å². The predicted octanol–water partition coefficient (Wildman–Crippen LogP) is 2.31. The summed E-state index contributed by atoms with van der Waals surface area (Å²) in [7, 11) is 2.02. The Morgan fingerprint density at radius 2 is 1.80 bits per heavy atom. The van der Waals surface area contributed by atoms with Gasteiger partial charge in [0.2, 0.25) is 0 Å². The molecule has 2 heteroatoms. The van der Waals surface area contributed by atoms with Crippen molar-refractivity contribution in [2.75, 3.05) is 7.05 Å². The Labute approximate surface area is 69.4 Å². The van der Waals surface area contributed by atoms with Crippen LogP contribution in [0.5, 0.6) is 0 Å². The summed E-state index contributed by atoms with van der Waals surface area (Å²) in [5, 5.41) is 0. The van der Waals surface area contributed by atoms with Gasteiger partial charge in [0.15, 0.2) is 0 Å². The zero-order valence-electron chi connectivity index (χ0n) is 7.51.